The second-order valence-electron chi connectivity index (χ2n) is 3.73. The van der Waals surface area contributed by atoms with Crippen molar-refractivity contribution in [2.24, 2.45) is 5.11 Å². The first kappa shape index (κ1) is 14.9. The zero-order valence-electron chi connectivity index (χ0n) is 9.75. The van der Waals surface area contributed by atoms with Gasteiger partial charge in [-0.05, 0) is 23.2 Å². The summed E-state index contributed by atoms with van der Waals surface area (Å²) in [6.07, 6.45) is -2.69. The third-order valence-electron chi connectivity index (χ3n) is 2.51. The normalized spacial score (nSPS) is 13.4. The zero-order chi connectivity index (χ0) is 14.4. The Morgan fingerprint density at radius 1 is 1.47 bits per heavy atom. The summed E-state index contributed by atoms with van der Waals surface area (Å²) in [5, 5.41) is 42.1. The number of nitro benzene ring substituents is 1. The molecule has 0 bridgehead atoms. The van der Waals surface area contributed by atoms with Gasteiger partial charge in [-0.1, -0.05) is 5.11 Å². The molecule has 1 aromatic carbocycles. The topological polar surface area (TPSA) is 153 Å². The number of aliphatic hydroxyl groups excluding tert-OH is 3. The van der Waals surface area contributed by atoms with Gasteiger partial charge in [0.2, 0.25) is 0 Å². The first-order chi connectivity index (χ1) is 9.01. The van der Waals surface area contributed by atoms with Gasteiger partial charge in [0.25, 0.3) is 5.69 Å². The molecule has 1 aromatic rings. The number of hydrogen-bond acceptors (Lipinski definition) is 6. The van der Waals surface area contributed by atoms with E-state index in [-0.39, 0.29) is 23.4 Å². The Kier molecular flexibility index (Phi) is 5.22. The zero-order valence-corrected chi connectivity index (χ0v) is 9.75. The summed E-state index contributed by atoms with van der Waals surface area (Å²) in [4.78, 5) is 12.5. The van der Waals surface area contributed by atoms with E-state index in [9.17, 15) is 20.3 Å². The van der Waals surface area contributed by atoms with Crippen molar-refractivity contribution in [3.8, 4) is 0 Å². The van der Waals surface area contributed by atoms with Gasteiger partial charge in [0.05, 0.1) is 29.7 Å². The van der Waals surface area contributed by atoms with Gasteiger partial charge in [0.15, 0.2) is 0 Å². The molecular weight excluding hydrogens is 256 g/mol. The molecule has 9 nitrogen and oxygen atoms in total. The predicted molar refractivity (Wildman–Crippen MR) is 64.0 cm³/mol. The number of hydrogen-bond donors (Lipinski definition) is 3. The third kappa shape index (κ3) is 3.63. The molecule has 0 aliphatic heterocycles. The quantitative estimate of drug-likeness (QED) is 0.229. The van der Waals surface area contributed by atoms with Crippen LogP contribution in [0.1, 0.15) is 17.2 Å². The Hall–Kier alpha value is -2.19. The van der Waals surface area contributed by atoms with Gasteiger partial charge in [-0.2, -0.15) is 0 Å². The fourth-order valence-electron chi connectivity index (χ4n) is 1.54. The van der Waals surface area contributed by atoms with Crippen LogP contribution in [0.15, 0.2) is 23.3 Å². The molecule has 1 rings (SSSR count). The highest BCUT2D eigenvalue weighted by molar-refractivity contribution is 5.43. The summed E-state index contributed by atoms with van der Waals surface area (Å²) in [5.74, 6) is 0. The van der Waals surface area contributed by atoms with Crippen LogP contribution in [-0.2, 0) is 6.61 Å². The van der Waals surface area contributed by atoms with Crippen LogP contribution in [0.3, 0.4) is 0 Å². The molecular formula is C10H12N4O5. The van der Waals surface area contributed by atoms with Crippen molar-refractivity contribution in [2.75, 3.05) is 6.54 Å². The van der Waals surface area contributed by atoms with Crippen LogP contribution >= 0.6 is 0 Å². The van der Waals surface area contributed by atoms with Crippen molar-refractivity contribution in [3.63, 3.8) is 0 Å². The van der Waals surface area contributed by atoms with Gasteiger partial charge < -0.3 is 15.3 Å². The minimum atomic E-state index is -1.36. The summed E-state index contributed by atoms with van der Waals surface area (Å²) in [6, 6.07) is 3.62. The molecule has 0 fully saturated rings. The molecule has 19 heavy (non-hydrogen) atoms. The third-order valence-corrected chi connectivity index (χ3v) is 2.51. The van der Waals surface area contributed by atoms with Crippen LogP contribution in [0.4, 0.5) is 5.69 Å². The average molecular weight is 268 g/mol. The van der Waals surface area contributed by atoms with Crippen LogP contribution in [-0.4, -0.2) is 32.9 Å². The Morgan fingerprint density at radius 3 is 2.68 bits per heavy atom. The summed E-state index contributed by atoms with van der Waals surface area (Å²) in [6.45, 7) is -0.896. The Labute approximate surface area is 107 Å². The molecule has 0 saturated carbocycles. The first-order valence-electron chi connectivity index (χ1n) is 5.26. The summed E-state index contributed by atoms with van der Waals surface area (Å²) in [7, 11) is 0. The Balaban J connectivity index is 3.01. The second-order valence-corrected chi connectivity index (χ2v) is 3.73. The van der Waals surface area contributed by atoms with Gasteiger partial charge in [-0.25, -0.2) is 0 Å². The minimum absolute atomic E-state index is 0.0255. The van der Waals surface area contributed by atoms with Crippen molar-refractivity contribution in [1.82, 2.24) is 0 Å². The maximum absolute atomic E-state index is 10.7. The van der Waals surface area contributed by atoms with Crippen LogP contribution in [0.5, 0.6) is 0 Å². The highest BCUT2D eigenvalue weighted by Crippen LogP contribution is 2.25. The lowest BCUT2D eigenvalue weighted by Crippen LogP contribution is -2.21. The molecule has 0 amide bonds. The highest BCUT2D eigenvalue weighted by Gasteiger charge is 2.21. The molecule has 2 unspecified atom stereocenters. The fourth-order valence-corrected chi connectivity index (χ4v) is 1.54. The van der Waals surface area contributed by atoms with Gasteiger partial charge in [-0.15, -0.1) is 0 Å². The average Bonchev–Trinajstić information content (AvgIpc) is 2.42. The predicted octanol–water partition coefficient (Wildman–Crippen LogP) is 0.792. The van der Waals surface area contributed by atoms with E-state index in [0.717, 1.165) is 6.07 Å². The van der Waals surface area contributed by atoms with Crippen LogP contribution in [0.25, 0.3) is 10.4 Å². The van der Waals surface area contributed by atoms with Gasteiger partial charge in [0, 0.05) is 11.0 Å². The number of azide groups is 1. The molecule has 0 radical (unpaired) electrons. The number of benzene rings is 1. The number of aliphatic hydroxyl groups is 3. The molecule has 2 atom stereocenters. The van der Waals surface area contributed by atoms with Crippen molar-refractivity contribution in [2.45, 2.75) is 18.8 Å². The van der Waals surface area contributed by atoms with Crippen LogP contribution in [0.2, 0.25) is 0 Å². The number of rotatable bonds is 6. The summed E-state index contributed by atoms with van der Waals surface area (Å²) in [5.41, 5.74) is 8.05. The summed E-state index contributed by atoms with van der Waals surface area (Å²) < 4.78 is 0. The maximum Gasteiger partial charge on any atom is 0.274 e. The maximum atomic E-state index is 10.7. The number of nitro groups is 1. The largest absolute Gasteiger partial charge is 0.391 e. The number of nitrogens with zero attached hydrogens (tertiary/aromatic N) is 4. The van der Waals surface area contributed by atoms with E-state index in [1.807, 2.05) is 0 Å². The molecule has 9 heteroatoms. The van der Waals surface area contributed by atoms with E-state index < -0.39 is 23.7 Å². The van der Waals surface area contributed by atoms with E-state index in [0.29, 0.717) is 0 Å². The van der Waals surface area contributed by atoms with Gasteiger partial charge in [-0.3, -0.25) is 10.1 Å². The SMILES string of the molecule is [N-]=[N+]=NCC(O)C(O)c1ccc([N+](=O)[O-])c(CO)c1. The molecule has 102 valence electrons. The smallest absolute Gasteiger partial charge is 0.274 e. The Morgan fingerprint density at radius 2 is 2.16 bits per heavy atom. The van der Waals surface area contributed by atoms with E-state index >= 15 is 0 Å². The molecule has 0 saturated heterocycles. The minimum Gasteiger partial charge on any atom is -0.391 e. The van der Waals surface area contributed by atoms with E-state index in [4.69, 9.17) is 10.6 Å². The van der Waals surface area contributed by atoms with E-state index in [1.165, 1.54) is 12.1 Å². The van der Waals surface area contributed by atoms with Gasteiger partial charge in [0.1, 0.15) is 6.10 Å². The first-order valence-corrected chi connectivity index (χ1v) is 5.26. The van der Waals surface area contributed by atoms with Crippen LogP contribution in [0, 0.1) is 10.1 Å². The van der Waals surface area contributed by atoms with Crippen molar-refractivity contribution in [3.05, 3.63) is 49.9 Å². The molecule has 0 aromatic heterocycles. The van der Waals surface area contributed by atoms with Crippen LogP contribution < -0.4 is 0 Å². The monoisotopic (exact) mass is 268 g/mol. The molecule has 0 heterocycles. The summed E-state index contributed by atoms with van der Waals surface area (Å²) >= 11 is 0. The van der Waals surface area contributed by atoms with Crippen molar-refractivity contribution < 1.29 is 20.2 Å². The van der Waals surface area contributed by atoms with E-state index in [1.54, 1.807) is 0 Å². The van der Waals surface area contributed by atoms with Gasteiger partial charge >= 0.3 is 0 Å². The molecule has 0 aliphatic rings. The molecule has 3 N–H and O–H groups in total. The standard InChI is InChI=1S/C10H12N4O5/c11-13-12-4-9(16)10(17)6-1-2-8(14(18)19)7(3-6)5-15/h1-3,9-10,15-17H,4-5H2. The van der Waals surface area contributed by atoms with Crippen molar-refractivity contribution >= 4 is 5.69 Å². The lowest BCUT2D eigenvalue weighted by atomic mass is 10.0. The Bertz CT molecular complexity index is 515. The molecule has 0 spiro atoms. The van der Waals surface area contributed by atoms with E-state index in [2.05, 4.69) is 10.0 Å². The fraction of sp³-hybridized carbons (Fsp3) is 0.400. The molecule has 0 aliphatic carbocycles. The highest BCUT2D eigenvalue weighted by atomic mass is 16.6. The lowest BCUT2D eigenvalue weighted by molar-refractivity contribution is -0.385. The van der Waals surface area contributed by atoms with Crippen molar-refractivity contribution in [1.29, 1.82) is 0 Å². The second kappa shape index (κ2) is 6.66. The lowest BCUT2D eigenvalue weighted by Gasteiger charge is -2.16.